The average Bonchev–Trinajstić information content (AvgIpc) is 3.12. The van der Waals surface area contributed by atoms with Gasteiger partial charge in [0.05, 0.1) is 12.4 Å². The van der Waals surface area contributed by atoms with E-state index in [0.29, 0.717) is 6.04 Å². The van der Waals surface area contributed by atoms with Gasteiger partial charge in [0.2, 0.25) is 0 Å². The van der Waals surface area contributed by atoms with E-state index in [-0.39, 0.29) is 5.41 Å². The monoisotopic (exact) mass is 260 g/mol. The molecular formula is C15H24N4. The van der Waals surface area contributed by atoms with Crippen molar-refractivity contribution in [2.45, 2.75) is 50.1 Å². The van der Waals surface area contributed by atoms with Gasteiger partial charge in [-0.2, -0.15) is 0 Å². The lowest BCUT2D eigenvalue weighted by Crippen LogP contribution is -2.32. The Labute approximate surface area is 115 Å². The second-order valence-electron chi connectivity index (χ2n) is 6.78. The van der Waals surface area contributed by atoms with Crippen molar-refractivity contribution in [3.05, 3.63) is 18.2 Å². The Kier molecular flexibility index (Phi) is 2.71. The number of aromatic nitrogens is 2. The van der Waals surface area contributed by atoms with Gasteiger partial charge in [-0.05, 0) is 38.8 Å². The zero-order valence-corrected chi connectivity index (χ0v) is 11.8. The van der Waals surface area contributed by atoms with Gasteiger partial charge in [-0.25, -0.2) is 4.98 Å². The molecule has 3 atom stereocenters. The van der Waals surface area contributed by atoms with E-state index in [1.165, 1.54) is 44.5 Å². The fourth-order valence-corrected chi connectivity index (χ4v) is 4.45. The summed E-state index contributed by atoms with van der Waals surface area (Å²) >= 11 is 0. The van der Waals surface area contributed by atoms with Crippen LogP contribution in [0.5, 0.6) is 0 Å². The fraction of sp³-hybridized carbons (Fsp3) is 0.800. The molecule has 1 aromatic rings. The minimum Gasteiger partial charge on any atom is -0.329 e. The van der Waals surface area contributed by atoms with E-state index in [1.807, 2.05) is 0 Å². The Morgan fingerprint density at radius 3 is 3.11 bits per heavy atom. The maximum atomic E-state index is 4.49. The first kappa shape index (κ1) is 11.9. The van der Waals surface area contributed by atoms with Crippen LogP contribution in [0.2, 0.25) is 0 Å². The highest BCUT2D eigenvalue weighted by Crippen LogP contribution is 2.39. The van der Waals surface area contributed by atoms with Crippen LogP contribution in [-0.2, 0) is 5.41 Å². The Bertz CT molecular complexity index is 460. The highest BCUT2D eigenvalue weighted by Gasteiger charge is 2.41. The molecule has 3 unspecified atom stereocenters. The van der Waals surface area contributed by atoms with Gasteiger partial charge in [0.15, 0.2) is 0 Å². The normalized spacial score (nSPS) is 39.0. The fourth-order valence-electron chi connectivity index (χ4n) is 4.45. The van der Waals surface area contributed by atoms with Crippen LogP contribution in [0.3, 0.4) is 0 Å². The Morgan fingerprint density at radius 2 is 2.26 bits per heavy atom. The summed E-state index contributed by atoms with van der Waals surface area (Å²) in [7, 11) is 0. The third-order valence-corrected chi connectivity index (χ3v) is 5.58. The maximum Gasteiger partial charge on any atom is 0.0951 e. The van der Waals surface area contributed by atoms with Gasteiger partial charge in [-0.3, -0.25) is 4.90 Å². The molecule has 19 heavy (non-hydrogen) atoms. The topological polar surface area (TPSA) is 33.1 Å². The number of rotatable bonds is 2. The quantitative estimate of drug-likeness (QED) is 0.875. The molecule has 0 aromatic carbocycles. The average molecular weight is 260 g/mol. The number of hydrogen-bond acceptors (Lipinski definition) is 3. The minimum absolute atomic E-state index is 0.280. The number of imidazole rings is 1. The van der Waals surface area contributed by atoms with Crippen LogP contribution in [0.1, 0.15) is 44.3 Å². The van der Waals surface area contributed by atoms with Crippen LogP contribution in [0.15, 0.2) is 12.5 Å². The van der Waals surface area contributed by atoms with E-state index < -0.39 is 0 Å². The van der Waals surface area contributed by atoms with E-state index in [0.717, 1.165) is 19.1 Å². The van der Waals surface area contributed by atoms with Crippen LogP contribution in [0.25, 0.3) is 0 Å². The molecule has 0 aliphatic carbocycles. The summed E-state index contributed by atoms with van der Waals surface area (Å²) in [5, 5.41) is 3.51. The first-order valence-corrected chi connectivity index (χ1v) is 7.75. The lowest BCUT2D eigenvalue weighted by atomic mass is 9.85. The van der Waals surface area contributed by atoms with Crippen molar-refractivity contribution in [2.24, 2.45) is 0 Å². The van der Waals surface area contributed by atoms with Gasteiger partial charge in [0.1, 0.15) is 0 Å². The lowest BCUT2D eigenvalue weighted by molar-refractivity contribution is 0.283. The molecule has 0 bridgehead atoms. The second kappa shape index (κ2) is 4.32. The molecule has 4 nitrogen and oxygen atoms in total. The number of nitrogens with zero attached hydrogens (tertiary/aromatic N) is 3. The lowest BCUT2D eigenvalue weighted by Gasteiger charge is -2.29. The van der Waals surface area contributed by atoms with Gasteiger partial charge in [0.25, 0.3) is 0 Å². The summed E-state index contributed by atoms with van der Waals surface area (Å²) in [6.07, 6.45) is 9.49. The van der Waals surface area contributed by atoms with Gasteiger partial charge < -0.3 is 9.88 Å². The first-order valence-electron chi connectivity index (χ1n) is 7.75. The highest BCUT2D eigenvalue weighted by atomic mass is 15.3. The van der Waals surface area contributed by atoms with Crippen molar-refractivity contribution in [1.82, 2.24) is 19.8 Å². The molecule has 3 fully saturated rings. The van der Waals surface area contributed by atoms with E-state index >= 15 is 0 Å². The summed E-state index contributed by atoms with van der Waals surface area (Å²) in [5.74, 6) is 0. The Hall–Kier alpha value is -0.870. The molecule has 3 aliphatic heterocycles. The zero-order chi connectivity index (χ0) is 12.9. The standard InChI is InChI=1S/C15H24N4/c1-15(5-6-16-10-15)14-9-17-11-19(14)13-4-8-18-7-2-3-12(13)18/h9,11-13,16H,2-8,10H2,1H3. The van der Waals surface area contributed by atoms with Crippen molar-refractivity contribution >= 4 is 0 Å². The molecule has 0 radical (unpaired) electrons. The summed E-state index contributed by atoms with van der Waals surface area (Å²) in [4.78, 5) is 7.17. The third-order valence-electron chi connectivity index (χ3n) is 5.58. The minimum atomic E-state index is 0.280. The molecule has 104 valence electrons. The van der Waals surface area contributed by atoms with Gasteiger partial charge in [-0.1, -0.05) is 6.92 Å². The molecule has 3 saturated heterocycles. The van der Waals surface area contributed by atoms with Crippen molar-refractivity contribution in [1.29, 1.82) is 0 Å². The summed E-state index contributed by atoms with van der Waals surface area (Å²) in [6.45, 7) is 7.22. The molecule has 1 aromatic heterocycles. The first-order chi connectivity index (χ1) is 9.28. The number of nitrogens with one attached hydrogen (secondary N) is 1. The van der Waals surface area contributed by atoms with Crippen LogP contribution in [0.4, 0.5) is 0 Å². The summed E-state index contributed by atoms with van der Waals surface area (Å²) in [6, 6.07) is 1.43. The molecule has 0 amide bonds. The largest absolute Gasteiger partial charge is 0.329 e. The number of fused-ring (bicyclic) bond motifs is 1. The molecule has 3 aliphatic rings. The molecular weight excluding hydrogens is 236 g/mol. The molecule has 4 rings (SSSR count). The maximum absolute atomic E-state index is 4.49. The van der Waals surface area contributed by atoms with E-state index in [1.54, 1.807) is 0 Å². The van der Waals surface area contributed by atoms with Crippen LogP contribution >= 0.6 is 0 Å². The van der Waals surface area contributed by atoms with Crippen LogP contribution in [0, 0.1) is 0 Å². The highest BCUT2D eigenvalue weighted by molar-refractivity contribution is 5.19. The van der Waals surface area contributed by atoms with E-state index in [9.17, 15) is 0 Å². The van der Waals surface area contributed by atoms with E-state index in [2.05, 4.69) is 39.2 Å². The molecule has 0 saturated carbocycles. The smallest absolute Gasteiger partial charge is 0.0951 e. The second-order valence-corrected chi connectivity index (χ2v) is 6.78. The molecule has 0 spiro atoms. The predicted octanol–water partition coefficient (Wildman–Crippen LogP) is 1.54. The van der Waals surface area contributed by atoms with Crippen LogP contribution in [-0.4, -0.2) is 46.7 Å². The number of hydrogen-bond donors (Lipinski definition) is 1. The molecule has 1 N–H and O–H groups in total. The van der Waals surface area contributed by atoms with E-state index in [4.69, 9.17) is 0 Å². The Balaban J connectivity index is 1.67. The summed E-state index contributed by atoms with van der Waals surface area (Å²) < 4.78 is 2.52. The van der Waals surface area contributed by atoms with Crippen LogP contribution < -0.4 is 5.32 Å². The molecule has 4 heterocycles. The Morgan fingerprint density at radius 1 is 1.32 bits per heavy atom. The molecule has 4 heteroatoms. The predicted molar refractivity (Wildman–Crippen MR) is 75.3 cm³/mol. The third kappa shape index (κ3) is 1.77. The van der Waals surface area contributed by atoms with Gasteiger partial charge in [0, 0.05) is 36.4 Å². The SMILES string of the molecule is CC1(c2cncn2C2CCN3CCCC23)CCNC1. The van der Waals surface area contributed by atoms with Crippen molar-refractivity contribution in [3.8, 4) is 0 Å². The van der Waals surface area contributed by atoms with Crippen molar-refractivity contribution in [3.63, 3.8) is 0 Å². The zero-order valence-electron chi connectivity index (χ0n) is 11.8. The van der Waals surface area contributed by atoms with Gasteiger partial charge in [-0.15, -0.1) is 0 Å². The van der Waals surface area contributed by atoms with Gasteiger partial charge >= 0.3 is 0 Å². The van der Waals surface area contributed by atoms with Crippen molar-refractivity contribution < 1.29 is 0 Å². The summed E-state index contributed by atoms with van der Waals surface area (Å²) in [5.41, 5.74) is 1.74. The van der Waals surface area contributed by atoms with Crippen molar-refractivity contribution in [2.75, 3.05) is 26.2 Å².